The van der Waals surface area contributed by atoms with Gasteiger partial charge in [-0.1, -0.05) is 13.8 Å². The molecule has 0 aromatic carbocycles. The molecule has 0 amide bonds. The largest absolute Gasteiger partial charge is 0.468 e. The number of hydrogen-bond acceptors (Lipinski definition) is 5. The minimum absolute atomic E-state index is 0.279. The first-order chi connectivity index (χ1) is 9.47. The summed E-state index contributed by atoms with van der Waals surface area (Å²) >= 11 is 0. The van der Waals surface area contributed by atoms with Gasteiger partial charge in [-0.3, -0.25) is 10.1 Å². The lowest BCUT2D eigenvalue weighted by atomic mass is 10.0. The second kappa shape index (κ2) is 7.69. The van der Waals surface area contributed by atoms with E-state index < -0.39 is 5.97 Å². The summed E-state index contributed by atoms with van der Waals surface area (Å²) in [5.41, 5.74) is 1.20. The Morgan fingerprint density at radius 1 is 1.25 bits per heavy atom. The lowest BCUT2D eigenvalue weighted by molar-refractivity contribution is -0.143. The second-order valence-electron chi connectivity index (χ2n) is 4.98. The van der Waals surface area contributed by atoms with Crippen molar-refractivity contribution in [2.75, 3.05) is 14.2 Å². The number of rotatable bonds is 7. The fourth-order valence-electron chi connectivity index (χ4n) is 1.88. The molecule has 0 aliphatic heterocycles. The maximum absolute atomic E-state index is 11.7. The molecule has 0 bridgehead atoms. The van der Waals surface area contributed by atoms with Crippen molar-refractivity contribution in [2.24, 2.45) is 5.92 Å². The SMILES string of the molecule is COC(=O)c1ccc(CNC(CC(C)C)C(=O)OC)[nH]1. The molecule has 0 saturated carbocycles. The molecule has 1 heterocycles. The predicted molar refractivity (Wildman–Crippen MR) is 74.2 cm³/mol. The number of carbonyl (C=O) groups excluding carboxylic acids is 2. The van der Waals surface area contributed by atoms with Gasteiger partial charge in [0, 0.05) is 12.2 Å². The molecule has 1 unspecified atom stereocenters. The Hall–Kier alpha value is -1.82. The smallest absolute Gasteiger partial charge is 0.354 e. The van der Waals surface area contributed by atoms with Gasteiger partial charge in [0.05, 0.1) is 14.2 Å². The summed E-state index contributed by atoms with van der Waals surface area (Å²) in [6.45, 7) is 4.53. The molecule has 112 valence electrons. The Balaban J connectivity index is 2.60. The molecule has 1 aromatic heterocycles. The molecule has 1 aromatic rings. The van der Waals surface area contributed by atoms with Crippen molar-refractivity contribution >= 4 is 11.9 Å². The first-order valence-corrected chi connectivity index (χ1v) is 6.55. The summed E-state index contributed by atoms with van der Waals surface area (Å²) in [5, 5.41) is 3.13. The second-order valence-corrected chi connectivity index (χ2v) is 4.98. The Labute approximate surface area is 118 Å². The molecule has 0 aliphatic carbocycles. The van der Waals surface area contributed by atoms with Crippen molar-refractivity contribution in [1.29, 1.82) is 0 Å². The first-order valence-electron chi connectivity index (χ1n) is 6.55. The minimum atomic E-state index is -0.414. The zero-order chi connectivity index (χ0) is 15.1. The summed E-state index contributed by atoms with van der Waals surface area (Å²) in [7, 11) is 2.71. The van der Waals surface area contributed by atoms with E-state index in [-0.39, 0.29) is 12.0 Å². The predicted octanol–water partition coefficient (Wildman–Crippen LogP) is 1.48. The first kappa shape index (κ1) is 16.2. The van der Waals surface area contributed by atoms with E-state index in [1.807, 2.05) is 13.8 Å². The highest BCUT2D eigenvalue weighted by Gasteiger charge is 2.20. The van der Waals surface area contributed by atoms with Crippen LogP contribution in [0.5, 0.6) is 0 Å². The van der Waals surface area contributed by atoms with E-state index in [9.17, 15) is 9.59 Å². The highest BCUT2D eigenvalue weighted by atomic mass is 16.5. The maximum atomic E-state index is 11.7. The monoisotopic (exact) mass is 282 g/mol. The number of nitrogens with one attached hydrogen (secondary N) is 2. The molecule has 0 radical (unpaired) electrons. The van der Waals surface area contributed by atoms with E-state index in [4.69, 9.17) is 4.74 Å². The van der Waals surface area contributed by atoms with Gasteiger partial charge in [0.25, 0.3) is 0 Å². The van der Waals surface area contributed by atoms with E-state index in [0.29, 0.717) is 24.6 Å². The maximum Gasteiger partial charge on any atom is 0.354 e. The lowest BCUT2D eigenvalue weighted by Crippen LogP contribution is -2.38. The summed E-state index contributed by atoms with van der Waals surface area (Å²) in [6.07, 6.45) is 0.692. The number of carbonyl (C=O) groups is 2. The molecular weight excluding hydrogens is 260 g/mol. The Morgan fingerprint density at radius 2 is 1.95 bits per heavy atom. The van der Waals surface area contributed by atoms with E-state index in [0.717, 1.165) is 5.69 Å². The van der Waals surface area contributed by atoms with Crippen molar-refractivity contribution in [3.63, 3.8) is 0 Å². The lowest BCUT2D eigenvalue weighted by Gasteiger charge is -2.17. The van der Waals surface area contributed by atoms with Crippen molar-refractivity contribution in [1.82, 2.24) is 10.3 Å². The third kappa shape index (κ3) is 4.70. The Kier molecular flexibility index (Phi) is 6.24. The molecule has 6 nitrogen and oxygen atoms in total. The van der Waals surface area contributed by atoms with Crippen LogP contribution in [0, 0.1) is 5.92 Å². The van der Waals surface area contributed by atoms with Crippen LogP contribution in [0.25, 0.3) is 0 Å². The van der Waals surface area contributed by atoms with E-state index in [2.05, 4.69) is 15.0 Å². The zero-order valence-corrected chi connectivity index (χ0v) is 12.4. The average Bonchev–Trinajstić information content (AvgIpc) is 2.90. The van der Waals surface area contributed by atoms with Crippen molar-refractivity contribution in [3.05, 3.63) is 23.5 Å². The van der Waals surface area contributed by atoms with E-state index in [1.54, 1.807) is 12.1 Å². The van der Waals surface area contributed by atoms with Crippen LogP contribution in [0.15, 0.2) is 12.1 Å². The standard InChI is InChI=1S/C14H22N2O4/c1-9(2)7-12(14(18)20-4)15-8-10-5-6-11(16-10)13(17)19-3/h5-6,9,12,15-16H,7-8H2,1-4H3. The van der Waals surface area contributed by atoms with Gasteiger partial charge in [0.2, 0.25) is 0 Å². The van der Waals surface area contributed by atoms with Crippen LogP contribution in [0.4, 0.5) is 0 Å². The van der Waals surface area contributed by atoms with Gasteiger partial charge < -0.3 is 14.5 Å². The van der Waals surface area contributed by atoms with Gasteiger partial charge >= 0.3 is 11.9 Å². The van der Waals surface area contributed by atoms with Gasteiger partial charge in [-0.25, -0.2) is 4.79 Å². The third-order valence-electron chi connectivity index (χ3n) is 2.88. The molecule has 0 saturated heterocycles. The van der Waals surface area contributed by atoms with Gasteiger partial charge in [-0.2, -0.15) is 0 Å². The quantitative estimate of drug-likeness (QED) is 0.740. The third-order valence-corrected chi connectivity index (χ3v) is 2.88. The van der Waals surface area contributed by atoms with E-state index >= 15 is 0 Å². The van der Waals surface area contributed by atoms with Crippen LogP contribution in [0.3, 0.4) is 0 Å². The summed E-state index contributed by atoms with van der Waals surface area (Å²) < 4.78 is 9.40. The number of ether oxygens (including phenoxy) is 2. The fourth-order valence-corrected chi connectivity index (χ4v) is 1.88. The minimum Gasteiger partial charge on any atom is -0.468 e. The summed E-state index contributed by atoms with van der Waals surface area (Å²) in [5.74, 6) is -0.317. The van der Waals surface area contributed by atoms with Crippen LogP contribution < -0.4 is 5.32 Å². The van der Waals surface area contributed by atoms with Crippen molar-refractivity contribution in [3.8, 4) is 0 Å². The molecule has 1 rings (SSSR count). The number of aromatic nitrogens is 1. The number of aromatic amines is 1. The molecule has 0 aliphatic rings. The van der Waals surface area contributed by atoms with Gasteiger partial charge in [-0.15, -0.1) is 0 Å². The number of methoxy groups -OCH3 is 2. The summed E-state index contributed by atoms with van der Waals surface area (Å²) in [4.78, 5) is 25.9. The molecule has 2 N–H and O–H groups in total. The van der Waals surface area contributed by atoms with Crippen LogP contribution in [-0.2, 0) is 20.8 Å². The molecule has 6 heteroatoms. The van der Waals surface area contributed by atoms with Crippen LogP contribution in [-0.4, -0.2) is 37.2 Å². The summed E-state index contributed by atoms with van der Waals surface area (Å²) in [6, 6.07) is 3.08. The molecule has 0 fully saturated rings. The number of H-pyrrole nitrogens is 1. The highest BCUT2D eigenvalue weighted by Crippen LogP contribution is 2.08. The molecular formula is C14H22N2O4. The number of hydrogen-bond donors (Lipinski definition) is 2. The molecule has 0 spiro atoms. The number of esters is 2. The zero-order valence-electron chi connectivity index (χ0n) is 12.4. The van der Waals surface area contributed by atoms with Crippen LogP contribution in [0.2, 0.25) is 0 Å². The topological polar surface area (TPSA) is 80.4 Å². The average molecular weight is 282 g/mol. The Morgan fingerprint density at radius 3 is 2.50 bits per heavy atom. The normalized spacial score (nSPS) is 12.2. The fraction of sp³-hybridized carbons (Fsp3) is 0.571. The van der Waals surface area contributed by atoms with Gasteiger partial charge in [0.1, 0.15) is 11.7 Å². The molecule has 1 atom stereocenters. The molecule has 20 heavy (non-hydrogen) atoms. The van der Waals surface area contributed by atoms with E-state index in [1.165, 1.54) is 14.2 Å². The highest BCUT2D eigenvalue weighted by molar-refractivity contribution is 5.87. The van der Waals surface area contributed by atoms with Crippen molar-refractivity contribution in [2.45, 2.75) is 32.9 Å². The van der Waals surface area contributed by atoms with Gasteiger partial charge in [0.15, 0.2) is 0 Å². The van der Waals surface area contributed by atoms with Gasteiger partial charge in [-0.05, 0) is 24.5 Å². The van der Waals surface area contributed by atoms with Crippen LogP contribution >= 0.6 is 0 Å². The Bertz CT molecular complexity index is 454. The van der Waals surface area contributed by atoms with Crippen molar-refractivity contribution < 1.29 is 19.1 Å². The van der Waals surface area contributed by atoms with Crippen LogP contribution in [0.1, 0.15) is 36.5 Å².